The van der Waals surface area contributed by atoms with Crippen LogP contribution in [0, 0.1) is 5.92 Å². The zero-order valence-corrected chi connectivity index (χ0v) is 23.9. The summed E-state index contributed by atoms with van der Waals surface area (Å²) in [5.41, 5.74) is 1.27. The summed E-state index contributed by atoms with van der Waals surface area (Å²) < 4.78 is 0. The molecule has 0 saturated heterocycles. The van der Waals surface area contributed by atoms with Crippen LogP contribution in [0.25, 0.3) is 10.8 Å². The summed E-state index contributed by atoms with van der Waals surface area (Å²) in [4.78, 5) is 53.6. The van der Waals surface area contributed by atoms with E-state index in [0.29, 0.717) is 35.8 Å². The molecular weight excluding hydrogens is 536 g/mol. The molecule has 1 aliphatic heterocycles. The van der Waals surface area contributed by atoms with Crippen LogP contribution < -0.4 is 10.6 Å². The Bertz CT molecular complexity index is 1410. The normalized spacial score (nSPS) is 21.3. The van der Waals surface area contributed by atoms with E-state index in [1.807, 2.05) is 13.0 Å². The van der Waals surface area contributed by atoms with Crippen molar-refractivity contribution in [2.24, 2.45) is 5.92 Å². The van der Waals surface area contributed by atoms with Crippen molar-refractivity contribution in [3.63, 3.8) is 0 Å². The van der Waals surface area contributed by atoms with Gasteiger partial charge in [0.05, 0.1) is 11.7 Å². The molecule has 0 radical (unpaired) electrons. The lowest BCUT2D eigenvalue weighted by Crippen LogP contribution is -2.56. The number of hydrogen-bond donors (Lipinski definition) is 2. The minimum Gasteiger partial charge on any atom is -0.346 e. The molecule has 2 N–H and O–H groups in total. The number of fused-ring (bicyclic) bond motifs is 2. The van der Waals surface area contributed by atoms with Gasteiger partial charge < -0.3 is 20.4 Å². The summed E-state index contributed by atoms with van der Waals surface area (Å²) in [6.45, 7) is 4.26. The second-order valence-corrected chi connectivity index (χ2v) is 12.0. The van der Waals surface area contributed by atoms with Gasteiger partial charge in [-0.1, -0.05) is 17.7 Å². The quantitative estimate of drug-likeness (QED) is 0.471. The Labute approximate surface area is 236 Å². The number of thiazole rings is 1. The van der Waals surface area contributed by atoms with E-state index in [9.17, 15) is 14.4 Å². The van der Waals surface area contributed by atoms with Crippen LogP contribution in [0.3, 0.4) is 0 Å². The van der Waals surface area contributed by atoms with E-state index in [2.05, 4.69) is 32.5 Å². The maximum atomic E-state index is 13.3. The number of hydrogen-bond acceptors (Lipinski definition) is 7. The van der Waals surface area contributed by atoms with E-state index < -0.39 is 6.04 Å². The second-order valence-electron chi connectivity index (χ2n) is 10.5. The van der Waals surface area contributed by atoms with Gasteiger partial charge in [0.2, 0.25) is 5.91 Å². The molecule has 3 aromatic rings. The number of halogens is 1. The highest BCUT2D eigenvalue weighted by Crippen LogP contribution is 2.29. The van der Waals surface area contributed by atoms with Crippen molar-refractivity contribution < 1.29 is 14.4 Å². The molecule has 1 aromatic carbocycles. The third-order valence-electron chi connectivity index (χ3n) is 7.72. The monoisotopic (exact) mass is 568 g/mol. The van der Waals surface area contributed by atoms with Crippen LogP contribution in [0.4, 0.5) is 0 Å². The van der Waals surface area contributed by atoms with Crippen LogP contribution in [-0.2, 0) is 17.8 Å². The van der Waals surface area contributed by atoms with Gasteiger partial charge in [-0.3, -0.25) is 19.4 Å². The lowest BCUT2D eigenvalue weighted by Gasteiger charge is -2.37. The summed E-state index contributed by atoms with van der Waals surface area (Å²) in [7, 11) is 3.85. The fourth-order valence-electron chi connectivity index (χ4n) is 5.32. The van der Waals surface area contributed by atoms with Crippen molar-refractivity contribution in [3.05, 3.63) is 56.8 Å². The van der Waals surface area contributed by atoms with E-state index in [0.717, 1.165) is 40.9 Å². The Kier molecular flexibility index (Phi) is 8.16. The van der Waals surface area contributed by atoms with Crippen LogP contribution in [-0.4, -0.2) is 76.8 Å². The Balaban J connectivity index is 1.34. The smallest absolute Gasteiger partial charge is 0.280 e. The number of likely N-dealkylation sites (N-methyl/N-ethyl adjacent to an activating group) is 1. The fraction of sp³-hybridized carbons (Fsp3) is 0.464. The minimum absolute atomic E-state index is 0.0594. The zero-order valence-electron chi connectivity index (χ0n) is 22.4. The summed E-state index contributed by atoms with van der Waals surface area (Å²) in [5, 5.41) is 8.94. The van der Waals surface area contributed by atoms with Crippen molar-refractivity contribution in [3.8, 4) is 0 Å². The highest BCUT2D eigenvalue weighted by molar-refractivity contribution is 7.13. The van der Waals surface area contributed by atoms with E-state index in [-0.39, 0.29) is 35.4 Å². The number of aromatic nitrogens is 2. The molecule has 1 fully saturated rings. The van der Waals surface area contributed by atoms with Gasteiger partial charge in [0, 0.05) is 66.5 Å². The standard InChI is InChI=1S/C28H33ClN6O3S/c1-4-35(3)28(38)17-6-8-20(31-25(36)23-12-16-5-7-19(29)11-18(16)14-30-23)22(13-17)32-26(37)27-33-21-9-10-34(2)15-24(21)39-27/h5,7,11-12,14,17,20,22H,4,6,8-10,13,15H2,1-3H3,(H,31,36)(H,32,37)/t17-,20-,22-/m0/s1. The van der Waals surface area contributed by atoms with Gasteiger partial charge in [0.1, 0.15) is 5.69 Å². The van der Waals surface area contributed by atoms with Crippen molar-refractivity contribution in [2.45, 2.75) is 51.2 Å². The summed E-state index contributed by atoms with van der Waals surface area (Å²) in [6, 6.07) is 6.40. The van der Waals surface area contributed by atoms with Crippen LogP contribution in [0.1, 0.15) is 57.0 Å². The molecular formula is C28H33ClN6O3S. The van der Waals surface area contributed by atoms with Crippen molar-refractivity contribution >= 4 is 51.4 Å². The average Bonchev–Trinajstić information content (AvgIpc) is 3.36. The number of nitrogens with zero attached hydrogens (tertiary/aromatic N) is 4. The summed E-state index contributed by atoms with van der Waals surface area (Å²) in [6.07, 6.45) is 4.09. The number of carbonyl (C=O) groups is 3. The van der Waals surface area contributed by atoms with Gasteiger partial charge in [-0.2, -0.15) is 0 Å². The Morgan fingerprint density at radius 1 is 1.13 bits per heavy atom. The molecule has 1 aliphatic carbocycles. The second kappa shape index (κ2) is 11.6. The number of rotatable bonds is 6. The number of amides is 3. The predicted molar refractivity (Wildman–Crippen MR) is 152 cm³/mol. The van der Waals surface area contributed by atoms with Crippen molar-refractivity contribution in [1.29, 1.82) is 0 Å². The molecule has 39 heavy (non-hydrogen) atoms. The molecule has 3 amide bonds. The SMILES string of the molecule is CCN(C)C(=O)[C@H]1CC[C@H](NC(=O)c2cc3ccc(Cl)cc3cn2)[C@@H](NC(=O)c2nc3c(s2)CN(C)CC3)C1. The van der Waals surface area contributed by atoms with E-state index >= 15 is 0 Å². The average molecular weight is 569 g/mol. The maximum absolute atomic E-state index is 13.3. The molecule has 1 saturated carbocycles. The van der Waals surface area contributed by atoms with Crippen LogP contribution >= 0.6 is 22.9 Å². The molecule has 0 spiro atoms. The van der Waals surface area contributed by atoms with Gasteiger partial charge >= 0.3 is 0 Å². The maximum Gasteiger partial charge on any atom is 0.280 e. The predicted octanol–water partition coefficient (Wildman–Crippen LogP) is 3.51. The van der Waals surface area contributed by atoms with E-state index in [1.165, 1.54) is 11.3 Å². The molecule has 0 unspecified atom stereocenters. The topological polar surface area (TPSA) is 108 Å². The van der Waals surface area contributed by atoms with Crippen LogP contribution in [0.5, 0.6) is 0 Å². The Morgan fingerprint density at radius 2 is 1.92 bits per heavy atom. The molecule has 2 aromatic heterocycles. The fourth-order valence-corrected chi connectivity index (χ4v) is 6.60. The lowest BCUT2D eigenvalue weighted by atomic mass is 9.81. The van der Waals surface area contributed by atoms with Gasteiger partial charge in [0.15, 0.2) is 5.01 Å². The molecule has 0 bridgehead atoms. The van der Waals surface area contributed by atoms with Gasteiger partial charge in [-0.25, -0.2) is 4.98 Å². The van der Waals surface area contributed by atoms with Crippen LogP contribution in [0.2, 0.25) is 5.02 Å². The molecule has 11 heteroatoms. The van der Waals surface area contributed by atoms with E-state index in [4.69, 9.17) is 11.6 Å². The van der Waals surface area contributed by atoms with Gasteiger partial charge in [-0.05, 0) is 56.8 Å². The van der Waals surface area contributed by atoms with E-state index in [1.54, 1.807) is 36.3 Å². The number of pyridine rings is 1. The van der Waals surface area contributed by atoms with Gasteiger partial charge in [0.25, 0.3) is 11.8 Å². The highest BCUT2D eigenvalue weighted by atomic mass is 35.5. The first kappa shape index (κ1) is 27.5. The highest BCUT2D eigenvalue weighted by Gasteiger charge is 2.37. The molecule has 206 valence electrons. The van der Waals surface area contributed by atoms with Gasteiger partial charge in [-0.15, -0.1) is 11.3 Å². The van der Waals surface area contributed by atoms with Crippen molar-refractivity contribution in [1.82, 2.24) is 30.4 Å². The molecule has 9 nitrogen and oxygen atoms in total. The Morgan fingerprint density at radius 3 is 2.72 bits per heavy atom. The third-order valence-corrected chi connectivity index (χ3v) is 9.03. The minimum atomic E-state index is -0.419. The zero-order chi connectivity index (χ0) is 27.7. The van der Waals surface area contributed by atoms with Crippen LogP contribution in [0.15, 0.2) is 30.5 Å². The summed E-state index contributed by atoms with van der Waals surface area (Å²) >= 11 is 7.49. The number of nitrogens with one attached hydrogen (secondary N) is 2. The lowest BCUT2D eigenvalue weighted by molar-refractivity contribution is -0.135. The summed E-state index contributed by atoms with van der Waals surface area (Å²) in [5.74, 6) is -0.752. The molecule has 3 heterocycles. The molecule has 5 rings (SSSR count). The molecule has 2 aliphatic rings. The number of carbonyl (C=O) groups excluding carboxylic acids is 3. The van der Waals surface area contributed by atoms with Crippen molar-refractivity contribution in [2.75, 3.05) is 27.2 Å². The first-order chi connectivity index (χ1) is 18.7. The number of benzene rings is 1. The Hall–Kier alpha value is -3.08. The first-order valence-corrected chi connectivity index (χ1v) is 14.5. The largest absolute Gasteiger partial charge is 0.346 e. The third kappa shape index (κ3) is 6.08. The first-order valence-electron chi connectivity index (χ1n) is 13.3. The molecule has 3 atom stereocenters.